The molecule has 5 saturated carbocycles. The molecule has 104 valence electrons. The molecule has 2 heteroatoms. The van der Waals surface area contributed by atoms with E-state index in [2.05, 4.69) is 18.3 Å². The molecule has 5 rings (SSSR count). The number of hydrogen-bond donors (Lipinski definition) is 1. The minimum absolute atomic E-state index is 0.241. The summed E-state index contributed by atoms with van der Waals surface area (Å²) in [6, 6.07) is 2.55. The number of hydrogen-bond acceptors (Lipinski definition) is 2. The fourth-order valence-electron chi connectivity index (χ4n) is 5.64. The molecule has 1 atom stereocenters. The van der Waals surface area contributed by atoms with Gasteiger partial charge in [0, 0.05) is 0 Å². The molecule has 5 aliphatic carbocycles. The molecule has 0 aromatic rings. The van der Waals surface area contributed by atoms with Gasteiger partial charge in [-0.25, -0.2) is 0 Å². The maximum atomic E-state index is 9.46. The summed E-state index contributed by atoms with van der Waals surface area (Å²) < 4.78 is 0. The fourth-order valence-corrected chi connectivity index (χ4v) is 5.64. The summed E-state index contributed by atoms with van der Waals surface area (Å²) in [5.41, 5.74) is -0.241. The minimum Gasteiger partial charge on any atom is -0.299 e. The number of nitrogens with one attached hydrogen (secondary N) is 1. The van der Waals surface area contributed by atoms with Crippen LogP contribution in [0.2, 0.25) is 0 Å². The predicted octanol–water partition coefficient (Wildman–Crippen LogP) is 3.34. The third-order valence-corrected chi connectivity index (χ3v) is 6.75. The first-order valence-electron chi connectivity index (χ1n) is 8.34. The van der Waals surface area contributed by atoms with Crippen molar-refractivity contribution in [3.05, 3.63) is 0 Å². The van der Waals surface area contributed by atoms with Gasteiger partial charge in [-0.3, -0.25) is 5.32 Å². The normalized spacial score (nSPS) is 46.8. The highest BCUT2D eigenvalue weighted by molar-refractivity contribution is 5.13. The van der Waals surface area contributed by atoms with Crippen molar-refractivity contribution < 1.29 is 0 Å². The molecule has 5 aliphatic rings. The van der Waals surface area contributed by atoms with Gasteiger partial charge in [0.2, 0.25) is 0 Å². The summed E-state index contributed by atoms with van der Waals surface area (Å²) in [4.78, 5) is 0. The standard InChI is InChI=1S/C17H26N2/c1-17(10-18,15-2-3-15)19-9-16-13-5-11-4-12(7-13)8-14(16)6-11/h11-16,19H,2-9H2,1H3. The Morgan fingerprint density at radius 2 is 1.63 bits per heavy atom. The van der Waals surface area contributed by atoms with Crippen molar-refractivity contribution in [1.82, 2.24) is 5.32 Å². The van der Waals surface area contributed by atoms with E-state index in [0.717, 1.165) is 36.1 Å². The first-order valence-corrected chi connectivity index (χ1v) is 8.34. The Hall–Kier alpha value is -0.550. The molecule has 0 saturated heterocycles. The van der Waals surface area contributed by atoms with Gasteiger partial charge in [-0.15, -0.1) is 0 Å². The quantitative estimate of drug-likeness (QED) is 0.839. The molecular weight excluding hydrogens is 232 g/mol. The van der Waals surface area contributed by atoms with Crippen LogP contribution in [-0.4, -0.2) is 12.1 Å². The number of nitriles is 1. The summed E-state index contributed by atoms with van der Waals surface area (Å²) >= 11 is 0. The zero-order valence-electron chi connectivity index (χ0n) is 12.1. The number of nitrogens with zero attached hydrogens (tertiary/aromatic N) is 1. The van der Waals surface area contributed by atoms with Gasteiger partial charge in [0.15, 0.2) is 0 Å². The van der Waals surface area contributed by atoms with Gasteiger partial charge in [0.25, 0.3) is 0 Å². The average molecular weight is 258 g/mol. The maximum Gasteiger partial charge on any atom is 0.106 e. The Morgan fingerprint density at radius 3 is 2.11 bits per heavy atom. The first kappa shape index (κ1) is 12.2. The Balaban J connectivity index is 1.42. The lowest BCUT2D eigenvalue weighted by molar-refractivity contribution is -0.0373. The molecule has 0 aromatic heterocycles. The van der Waals surface area contributed by atoms with Gasteiger partial charge in [0.05, 0.1) is 6.07 Å². The summed E-state index contributed by atoms with van der Waals surface area (Å²) in [5.74, 6) is 5.57. The Kier molecular flexibility index (Phi) is 2.71. The molecule has 1 N–H and O–H groups in total. The van der Waals surface area contributed by atoms with Crippen LogP contribution in [0, 0.1) is 46.8 Å². The van der Waals surface area contributed by atoms with Crippen molar-refractivity contribution in [3.63, 3.8) is 0 Å². The van der Waals surface area contributed by atoms with Crippen LogP contribution in [0.25, 0.3) is 0 Å². The molecule has 1 unspecified atom stereocenters. The van der Waals surface area contributed by atoms with Gasteiger partial charge in [-0.1, -0.05) is 0 Å². The van der Waals surface area contributed by atoms with Crippen molar-refractivity contribution in [2.75, 3.05) is 6.54 Å². The van der Waals surface area contributed by atoms with Crippen molar-refractivity contribution >= 4 is 0 Å². The van der Waals surface area contributed by atoms with Gasteiger partial charge in [-0.05, 0) is 93.9 Å². The molecule has 4 bridgehead atoms. The molecule has 5 fully saturated rings. The Labute approximate surface area is 116 Å². The van der Waals surface area contributed by atoms with Crippen molar-refractivity contribution in [2.45, 2.75) is 57.4 Å². The lowest BCUT2D eigenvalue weighted by Crippen LogP contribution is -2.52. The molecule has 0 spiro atoms. The SMILES string of the molecule is CC(C#N)(NCC1C2CC3CC(C2)CC1C3)C1CC1. The van der Waals surface area contributed by atoms with Gasteiger partial charge in [0.1, 0.15) is 5.54 Å². The van der Waals surface area contributed by atoms with Gasteiger partial charge < -0.3 is 0 Å². The van der Waals surface area contributed by atoms with Crippen LogP contribution in [0.15, 0.2) is 0 Å². The maximum absolute atomic E-state index is 9.46. The average Bonchev–Trinajstić information content (AvgIpc) is 3.21. The van der Waals surface area contributed by atoms with E-state index in [1.54, 1.807) is 0 Å². The van der Waals surface area contributed by atoms with E-state index in [-0.39, 0.29) is 5.54 Å². The van der Waals surface area contributed by atoms with Crippen LogP contribution in [0.1, 0.15) is 51.9 Å². The van der Waals surface area contributed by atoms with E-state index in [1.807, 2.05) is 0 Å². The van der Waals surface area contributed by atoms with Crippen molar-refractivity contribution in [1.29, 1.82) is 5.26 Å². The van der Waals surface area contributed by atoms with E-state index < -0.39 is 0 Å². The van der Waals surface area contributed by atoms with E-state index in [9.17, 15) is 5.26 Å². The topological polar surface area (TPSA) is 35.8 Å². The van der Waals surface area contributed by atoms with E-state index >= 15 is 0 Å². The Bertz CT molecular complexity index is 378. The van der Waals surface area contributed by atoms with Crippen LogP contribution in [0.4, 0.5) is 0 Å². The highest BCUT2D eigenvalue weighted by Crippen LogP contribution is 2.56. The largest absolute Gasteiger partial charge is 0.299 e. The molecule has 0 amide bonds. The van der Waals surface area contributed by atoms with Crippen LogP contribution < -0.4 is 5.32 Å². The fraction of sp³-hybridized carbons (Fsp3) is 0.941. The summed E-state index contributed by atoms with van der Waals surface area (Å²) in [5, 5.41) is 13.1. The minimum atomic E-state index is -0.241. The molecular formula is C17H26N2. The predicted molar refractivity (Wildman–Crippen MR) is 75.3 cm³/mol. The smallest absolute Gasteiger partial charge is 0.106 e. The van der Waals surface area contributed by atoms with Gasteiger partial charge in [-0.2, -0.15) is 5.26 Å². The van der Waals surface area contributed by atoms with E-state index in [4.69, 9.17) is 0 Å². The van der Waals surface area contributed by atoms with E-state index in [0.29, 0.717) is 5.92 Å². The third-order valence-electron chi connectivity index (χ3n) is 6.75. The van der Waals surface area contributed by atoms with Crippen molar-refractivity contribution in [2.24, 2.45) is 35.5 Å². The van der Waals surface area contributed by atoms with Crippen LogP contribution in [0.5, 0.6) is 0 Å². The van der Waals surface area contributed by atoms with Crippen molar-refractivity contribution in [3.8, 4) is 6.07 Å². The molecule has 0 heterocycles. The summed E-state index contributed by atoms with van der Waals surface area (Å²) in [6.07, 6.45) is 10.00. The molecule has 0 radical (unpaired) electrons. The zero-order chi connectivity index (χ0) is 13.0. The van der Waals surface area contributed by atoms with Crippen LogP contribution in [0.3, 0.4) is 0 Å². The van der Waals surface area contributed by atoms with Crippen LogP contribution >= 0.6 is 0 Å². The van der Waals surface area contributed by atoms with Crippen LogP contribution in [-0.2, 0) is 0 Å². The lowest BCUT2D eigenvalue weighted by atomic mass is 9.52. The molecule has 19 heavy (non-hydrogen) atoms. The van der Waals surface area contributed by atoms with E-state index in [1.165, 1.54) is 44.9 Å². The number of rotatable bonds is 4. The summed E-state index contributed by atoms with van der Waals surface area (Å²) in [6.45, 7) is 3.23. The highest BCUT2D eigenvalue weighted by Gasteiger charge is 2.49. The molecule has 0 aliphatic heterocycles. The second kappa shape index (κ2) is 4.22. The molecule has 2 nitrogen and oxygen atoms in total. The summed E-state index contributed by atoms with van der Waals surface area (Å²) in [7, 11) is 0. The lowest BCUT2D eigenvalue weighted by Gasteiger charge is -2.55. The van der Waals surface area contributed by atoms with Gasteiger partial charge >= 0.3 is 0 Å². The zero-order valence-corrected chi connectivity index (χ0v) is 12.1. The Morgan fingerprint density at radius 1 is 1.05 bits per heavy atom. The second-order valence-electron chi connectivity index (χ2n) is 8.06. The first-order chi connectivity index (χ1) is 9.18. The second-order valence-corrected chi connectivity index (χ2v) is 8.06. The third kappa shape index (κ3) is 2.02. The molecule has 0 aromatic carbocycles. The monoisotopic (exact) mass is 258 g/mol. The highest BCUT2D eigenvalue weighted by atomic mass is 15.0.